The number of benzene rings is 2. The molecule has 0 unspecified atom stereocenters. The molecule has 2 rings (SSSR count). The fourth-order valence-corrected chi connectivity index (χ4v) is 1.90. The highest BCUT2D eigenvalue weighted by atomic mass is 79.9. The standard InChI is InChI=1S/C13H11BrClN/c14-11-4-6-13(7-5-11)16-9-10-2-1-3-12(15)8-10/h1-8,16H,9H2. The van der Waals surface area contributed by atoms with Crippen molar-refractivity contribution in [3.05, 3.63) is 63.6 Å². The number of nitrogens with one attached hydrogen (secondary N) is 1. The van der Waals surface area contributed by atoms with Crippen LogP contribution in [0.1, 0.15) is 5.56 Å². The molecular weight excluding hydrogens is 286 g/mol. The Labute approximate surface area is 109 Å². The van der Waals surface area contributed by atoms with E-state index in [1.165, 1.54) is 5.56 Å². The molecule has 16 heavy (non-hydrogen) atoms. The van der Waals surface area contributed by atoms with Crippen LogP contribution in [0.2, 0.25) is 5.02 Å². The molecule has 0 amide bonds. The summed E-state index contributed by atoms with van der Waals surface area (Å²) in [5.41, 5.74) is 2.28. The lowest BCUT2D eigenvalue weighted by Gasteiger charge is -2.06. The third kappa shape index (κ3) is 3.26. The van der Waals surface area contributed by atoms with Crippen molar-refractivity contribution in [3.8, 4) is 0 Å². The Morgan fingerprint density at radius 2 is 1.81 bits per heavy atom. The molecule has 82 valence electrons. The van der Waals surface area contributed by atoms with Crippen molar-refractivity contribution in [1.29, 1.82) is 0 Å². The lowest BCUT2D eigenvalue weighted by atomic mass is 10.2. The van der Waals surface area contributed by atoms with Crippen molar-refractivity contribution in [3.63, 3.8) is 0 Å². The molecule has 0 atom stereocenters. The first-order valence-corrected chi connectivity index (χ1v) is 6.15. The SMILES string of the molecule is Clc1cccc(CNc2ccc(Br)cc2)c1. The van der Waals surface area contributed by atoms with Crippen LogP contribution in [-0.4, -0.2) is 0 Å². The molecule has 0 aliphatic carbocycles. The van der Waals surface area contributed by atoms with Crippen LogP contribution in [0.15, 0.2) is 53.0 Å². The van der Waals surface area contributed by atoms with Crippen molar-refractivity contribution in [2.24, 2.45) is 0 Å². The van der Waals surface area contributed by atoms with E-state index in [1.54, 1.807) is 0 Å². The molecule has 0 saturated carbocycles. The summed E-state index contributed by atoms with van der Waals surface area (Å²) in [5, 5.41) is 4.11. The summed E-state index contributed by atoms with van der Waals surface area (Å²) in [7, 11) is 0. The van der Waals surface area contributed by atoms with Crippen LogP contribution < -0.4 is 5.32 Å². The van der Waals surface area contributed by atoms with Crippen LogP contribution in [0.5, 0.6) is 0 Å². The summed E-state index contributed by atoms with van der Waals surface area (Å²) in [4.78, 5) is 0. The second kappa shape index (κ2) is 5.37. The van der Waals surface area contributed by atoms with Gasteiger partial charge in [-0.05, 0) is 42.0 Å². The highest BCUT2D eigenvalue weighted by Gasteiger charge is 1.95. The Morgan fingerprint density at radius 3 is 2.50 bits per heavy atom. The van der Waals surface area contributed by atoms with E-state index in [-0.39, 0.29) is 0 Å². The lowest BCUT2D eigenvalue weighted by Crippen LogP contribution is -1.98. The summed E-state index contributed by atoms with van der Waals surface area (Å²) in [6.07, 6.45) is 0. The zero-order valence-corrected chi connectivity index (χ0v) is 10.9. The third-order valence-corrected chi connectivity index (χ3v) is 2.99. The molecule has 0 bridgehead atoms. The van der Waals surface area contributed by atoms with Gasteiger partial charge in [0.05, 0.1) is 0 Å². The first-order valence-electron chi connectivity index (χ1n) is 4.98. The Morgan fingerprint density at radius 1 is 1.06 bits per heavy atom. The van der Waals surface area contributed by atoms with E-state index in [0.29, 0.717) is 0 Å². The maximum absolute atomic E-state index is 5.91. The second-order valence-electron chi connectivity index (χ2n) is 3.49. The molecule has 0 aliphatic heterocycles. The molecule has 0 aromatic heterocycles. The monoisotopic (exact) mass is 295 g/mol. The van der Waals surface area contributed by atoms with Gasteiger partial charge >= 0.3 is 0 Å². The molecule has 0 spiro atoms. The first kappa shape index (κ1) is 11.5. The van der Waals surface area contributed by atoms with Crippen LogP contribution in [0.3, 0.4) is 0 Å². The normalized spacial score (nSPS) is 10.1. The zero-order valence-electron chi connectivity index (χ0n) is 8.58. The van der Waals surface area contributed by atoms with Crippen LogP contribution >= 0.6 is 27.5 Å². The average molecular weight is 297 g/mol. The summed E-state index contributed by atoms with van der Waals surface area (Å²) in [6.45, 7) is 0.780. The van der Waals surface area contributed by atoms with Crippen LogP contribution in [-0.2, 0) is 6.54 Å². The zero-order chi connectivity index (χ0) is 11.4. The van der Waals surface area contributed by atoms with Crippen molar-refractivity contribution >= 4 is 33.2 Å². The van der Waals surface area contributed by atoms with E-state index in [2.05, 4.69) is 27.3 Å². The van der Waals surface area contributed by atoms with Crippen molar-refractivity contribution in [2.75, 3.05) is 5.32 Å². The minimum Gasteiger partial charge on any atom is -0.381 e. The maximum Gasteiger partial charge on any atom is 0.0409 e. The highest BCUT2D eigenvalue weighted by molar-refractivity contribution is 9.10. The predicted octanol–water partition coefficient (Wildman–Crippen LogP) is 4.71. The molecule has 1 nitrogen and oxygen atoms in total. The van der Waals surface area contributed by atoms with Gasteiger partial charge in [0.15, 0.2) is 0 Å². The summed E-state index contributed by atoms with van der Waals surface area (Å²) < 4.78 is 1.08. The molecule has 0 saturated heterocycles. The highest BCUT2D eigenvalue weighted by Crippen LogP contribution is 2.16. The van der Waals surface area contributed by atoms with Gasteiger partial charge in [0.2, 0.25) is 0 Å². The van der Waals surface area contributed by atoms with Gasteiger partial charge in [0.1, 0.15) is 0 Å². The number of hydrogen-bond donors (Lipinski definition) is 1. The Balaban J connectivity index is 1.99. The summed E-state index contributed by atoms with van der Waals surface area (Å²) in [6, 6.07) is 16.0. The van der Waals surface area contributed by atoms with Crippen molar-refractivity contribution in [2.45, 2.75) is 6.54 Å². The molecule has 2 aromatic rings. The Bertz CT molecular complexity index is 468. The van der Waals surface area contributed by atoms with Gasteiger partial charge in [0, 0.05) is 21.7 Å². The molecule has 0 radical (unpaired) electrons. The molecule has 0 fully saturated rings. The van der Waals surface area contributed by atoms with Crippen LogP contribution in [0, 0.1) is 0 Å². The minimum absolute atomic E-state index is 0.773. The number of hydrogen-bond acceptors (Lipinski definition) is 1. The van der Waals surface area contributed by atoms with E-state index in [9.17, 15) is 0 Å². The van der Waals surface area contributed by atoms with Gasteiger partial charge in [-0.1, -0.05) is 39.7 Å². The molecule has 3 heteroatoms. The van der Waals surface area contributed by atoms with Crippen LogP contribution in [0.25, 0.3) is 0 Å². The molecular formula is C13H11BrClN. The van der Waals surface area contributed by atoms with Crippen LogP contribution in [0.4, 0.5) is 5.69 Å². The number of anilines is 1. The van der Waals surface area contributed by atoms with Gasteiger partial charge in [-0.25, -0.2) is 0 Å². The van der Waals surface area contributed by atoms with Gasteiger partial charge < -0.3 is 5.32 Å². The van der Waals surface area contributed by atoms with Crippen molar-refractivity contribution in [1.82, 2.24) is 0 Å². The Kier molecular flexibility index (Phi) is 3.86. The molecule has 1 N–H and O–H groups in total. The second-order valence-corrected chi connectivity index (χ2v) is 4.84. The topological polar surface area (TPSA) is 12.0 Å². The fraction of sp³-hybridized carbons (Fsp3) is 0.0769. The quantitative estimate of drug-likeness (QED) is 0.864. The molecule has 0 aliphatic rings. The average Bonchev–Trinajstić information content (AvgIpc) is 2.28. The van der Waals surface area contributed by atoms with E-state index in [0.717, 1.165) is 21.7 Å². The first-order chi connectivity index (χ1) is 7.74. The summed E-state index contributed by atoms with van der Waals surface area (Å²) >= 11 is 9.32. The largest absolute Gasteiger partial charge is 0.381 e. The summed E-state index contributed by atoms with van der Waals surface area (Å²) in [5.74, 6) is 0. The van der Waals surface area contributed by atoms with E-state index in [1.807, 2.05) is 42.5 Å². The number of rotatable bonds is 3. The fourth-order valence-electron chi connectivity index (χ4n) is 1.42. The van der Waals surface area contributed by atoms with E-state index >= 15 is 0 Å². The van der Waals surface area contributed by atoms with Gasteiger partial charge in [-0.2, -0.15) is 0 Å². The predicted molar refractivity (Wildman–Crippen MR) is 72.9 cm³/mol. The third-order valence-electron chi connectivity index (χ3n) is 2.23. The van der Waals surface area contributed by atoms with Gasteiger partial charge in [0.25, 0.3) is 0 Å². The number of halogens is 2. The molecule has 0 heterocycles. The van der Waals surface area contributed by atoms with Gasteiger partial charge in [-0.15, -0.1) is 0 Å². The minimum atomic E-state index is 0.773. The lowest BCUT2D eigenvalue weighted by molar-refractivity contribution is 1.15. The smallest absolute Gasteiger partial charge is 0.0409 e. The molecule has 2 aromatic carbocycles. The Hall–Kier alpha value is -0.990. The maximum atomic E-state index is 5.91. The van der Waals surface area contributed by atoms with Crippen molar-refractivity contribution < 1.29 is 0 Å². The van der Waals surface area contributed by atoms with E-state index in [4.69, 9.17) is 11.6 Å². The van der Waals surface area contributed by atoms with E-state index < -0.39 is 0 Å². The van der Waals surface area contributed by atoms with Gasteiger partial charge in [-0.3, -0.25) is 0 Å².